The highest BCUT2D eigenvalue weighted by Gasteiger charge is 1.93. The number of hydrogen-bond acceptors (Lipinski definition) is 2. The van der Waals surface area contributed by atoms with Gasteiger partial charge in [0, 0.05) is 4.90 Å². The predicted molar refractivity (Wildman–Crippen MR) is 77.8 cm³/mol. The molecule has 0 aliphatic rings. The Kier molecular flexibility index (Phi) is 4.68. The number of benzene rings is 1. The molecule has 0 aliphatic heterocycles. The van der Waals surface area contributed by atoms with Crippen LogP contribution in [0.15, 0.2) is 83.8 Å². The highest BCUT2D eigenvalue weighted by Crippen LogP contribution is 2.21. The van der Waals surface area contributed by atoms with Gasteiger partial charge in [0.25, 0.3) is 0 Å². The molecule has 0 heterocycles. The van der Waals surface area contributed by atoms with Crippen molar-refractivity contribution in [2.45, 2.75) is 4.90 Å². The summed E-state index contributed by atoms with van der Waals surface area (Å²) in [5, 5.41) is 0. The summed E-state index contributed by atoms with van der Waals surface area (Å²) >= 11 is 4.24. The van der Waals surface area contributed by atoms with Crippen molar-refractivity contribution in [2.75, 3.05) is 0 Å². The Bertz CT molecular complexity index is 523. The van der Waals surface area contributed by atoms with Gasteiger partial charge in [0.1, 0.15) is 11.5 Å². The molecule has 2 rings (SSSR count). The molecular formula is C16H14OS. The van der Waals surface area contributed by atoms with Crippen LogP contribution in [-0.2, 0) is 0 Å². The van der Waals surface area contributed by atoms with Gasteiger partial charge in [0.2, 0.25) is 0 Å². The zero-order valence-electron chi connectivity index (χ0n) is 9.86. The largest absolute Gasteiger partial charge is 0.457 e. The lowest BCUT2D eigenvalue weighted by molar-refractivity contribution is 0.482. The first kappa shape index (κ1) is 12.5. The fourth-order valence-corrected chi connectivity index (χ4v) is 1.54. The van der Waals surface area contributed by atoms with Crippen molar-refractivity contribution in [3.05, 3.63) is 78.9 Å². The average molecular weight is 254 g/mol. The van der Waals surface area contributed by atoms with E-state index in [2.05, 4.69) is 12.6 Å². The SMILES string of the molecule is Sc1ccc(Oc2ccccccccc2)cc1. The molecule has 0 N–H and O–H groups in total. The van der Waals surface area contributed by atoms with Crippen molar-refractivity contribution in [3.63, 3.8) is 0 Å². The summed E-state index contributed by atoms with van der Waals surface area (Å²) in [7, 11) is 0. The summed E-state index contributed by atoms with van der Waals surface area (Å²) in [5.41, 5.74) is 0. The zero-order chi connectivity index (χ0) is 12.6. The maximum atomic E-state index is 5.77. The molecule has 2 aromatic rings. The van der Waals surface area contributed by atoms with Crippen molar-refractivity contribution >= 4 is 12.6 Å². The Morgan fingerprint density at radius 2 is 1.00 bits per heavy atom. The second kappa shape index (κ2) is 6.72. The third kappa shape index (κ3) is 4.15. The van der Waals surface area contributed by atoms with E-state index in [0.717, 1.165) is 16.4 Å². The molecule has 0 unspecified atom stereocenters. The molecule has 0 saturated carbocycles. The standard InChI is InChI=1S/C16H14OS/c18-16-12-10-15(11-13-16)17-14-8-6-4-2-1-3-5-7-9-14/h1-13,18H. The minimum atomic E-state index is 0.790. The van der Waals surface area contributed by atoms with E-state index >= 15 is 0 Å². The van der Waals surface area contributed by atoms with Crippen LogP contribution >= 0.6 is 12.6 Å². The highest BCUT2D eigenvalue weighted by atomic mass is 32.1. The monoisotopic (exact) mass is 254 g/mol. The summed E-state index contributed by atoms with van der Waals surface area (Å²) in [5.74, 6) is 1.59. The maximum absolute atomic E-state index is 5.77. The molecule has 0 spiro atoms. The van der Waals surface area contributed by atoms with Crippen molar-refractivity contribution in [1.82, 2.24) is 0 Å². The lowest BCUT2D eigenvalue weighted by Gasteiger charge is -2.03. The maximum Gasteiger partial charge on any atom is 0.127 e. The minimum absolute atomic E-state index is 0.790. The molecule has 0 aliphatic carbocycles. The van der Waals surface area contributed by atoms with E-state index in [4.69, 9.17) is 4.74 Å². The first-order valence-corrected chi connectivity index (χ1v) is 6.14. The first-order valence-electron chi connectivity index (χ1n) is 5.70. The smallest absolute Gasteiger partial charge is 0.127 e. The van der Waals surface area contributed by atoms with Gasteiger partial charge in [-0.2, -0.15) is 0 Å². The molecule has 0 radical (unpaired) electrons. The minimum Gasteiger partial charge on any atom is -0.457 e. The fraction of sp³-hybridized carbons (Fsp3) is 0. The third-order valence-electron chi connectivity index (χ3n) is 2.26. The van der Waals surface area contributed by atoms with Gasteiger partial charge in [0.05, 0.1) is 0 Å². The van der Waals surface area contributed by atoms with Gasteiger partial charge in [-0.05, 0) is 36.4 Å². The highest BCUT2D eigenvalue weighted by molar-refractivity contribution is 7.80. The zero-order valence-corrected chi connectivity index (χ0v) is 10.8. The number of ether oxygens (including phenoxy) is 1. The van der Waals surface area contributed by atoms with Crippen LogP contribution in [0.4, 0.5) is 0 Å². The van der Waals surface area contributed by atoms with E-state index < -0.39 is 0 Å². The van der Waals surface area contributed by atoms with Gasteiger partial charge < -0.3 is 4.74 Å². The predicted octanol–water partition coefficient (Wildman–Crippen LogP) is 4.89. The van der Waals surface area contributed by atoms with Crippen molar-refractivity contribution in [2.24, 2.45) is 0 Å². The lowest BCUT2D eigenvalue weighted by atomic mass is 10.3. The fourth-order valence-electron chi connectivity index (χ4n) is 1.40. The van der Waals surface area contributed by atoms with Crippen LogP contribution in [0.2, 0.25) is 0 Å². The number of rotatable bonds is 2. The van der Waals surface area contributed by atoms with Crippen LogP contribution in [0, 0.1) is 0 Å². The van der Waals surface area contributed by atoms with Gasteiger partial charge in [-0.15, -0.1) is 12.6 Å². The quantitative estimate of drug-likeness (QED) is 0.750. The number of thiol groups is 1. The van der Waals surface area contributed by atoms with Crippen LogP contribution in [0.5, 0.6) is 11.5 Å². The molecule has 0 bridgehead atoms. The Balaban J connectivity index is 2.26. The molecule has 0 saturated heterocycles. The van der Waals surface area contributed by atoms with Gasteiger partial charge in [0.15, 0.2) is 0 Å². The van der Waals surface area contributed by atoms with E-state index in [1.54, 1.807) is 0 Å². The van der Waals surface area contributed by atoms with Crippen LogP contribution in [0.1, 0.15) is 0 Å². The Hall–Kier alpha value is -1.93. The molecule has 2 heteroatoms. The van der Waals surface area contributed by atoms with E-state index in [1.807, 2.05) is 78.9 Å². The van der Waals surface area contributed by atoms with Crippen molar-refractivity contribution in [1.29, 1.82) is 0 Å². The normalized spacial score (nSPS) is 9.39. The van der Waals surface area contributed by atoms with Gasteiger partial charge in [-0.1, -0.05) is 42.5 Å². The van der Waals surface area contributed by atoms with Gasteiger partial charge in [-0.25, -0.2) is 0 Å². The van der Waals surface area contributed by atoms with Crippen molar-refractivity contribution < 1.29 is 4.74 Å². The molecule has 0 amide bonds. The summed E-state index contributed by atoms with van der Waals surface area (Å²) in [6, 6.07) is 25.2. The molecule has 2 aromatic carbocycles. The molecule has 1 nitrogen and oxygen atoms in total. The lowest BCUT2D eigenvalue weighted by Crippen LogP contribution is -1.81. The molecule has 0 fully saturated rings. The summed E-state index contributed by atoms with van der Waals surface area (Å²) < 4.78 is 5.77. The first-order chi connectivity index (χ1) is 8.84. The van der Waals surface area contributed by atoms with Gasteiger partial charge >= 0.3 is 0 Å². The summed E-state index contributed by atoms with van der Waals surface area (Å²) in [4.78, 5) is 0.922. The second-order valence-electron chi connectivity index (χ2n) is 3.68. The molecule has 90 valence electrons. The van der Waals surface area contributed by atoms with E-state index in [9.17, 15) is 0 Å². The van der Waals surface area contributed by atoms with E-state index in [-0.39, 0.29) is 0 Å². The number of hydrogen-bond donors (Lipinski definition) is 1. The molecule has 0 aromatic heterocycles. The Morgan fingerprint density at radius 3 is 1.56 bits per heavy atom. The second-order valence-corrected chi connectivity index (χ2v) is 4.20. The van der Waals surface area contributed by atoms with Crippen LogP contribution in [-0.4, -0.2) is 0 Å². The van der Waals surface area contributed by atoms with Crippen LogP contribution in [0.25, 0.3) is 0 Å². The van der Waals surface area contributed by atoms with Crippen LogP contribution in [0.3, 0.4) is 0 Å². The topological polar surface area (TPSA) is 9.23 Å². The molecule has 18 heavy (non-hydrogen) atoms. The van der Waals surface area contributed by atoms with E-state index in [1.165, 1.54) is 0 Å². The van der Waals surface area contributed by atoms with Crippen molar-refractivity contribution in [3.8, 4) is 11.5 Å². The Labute approximate surface area is 113 Å². The average Bonchev–Trinajstić information content (AvgIpc) is 2.40. The summed E-state index contributed by atoms with van der Waals surface area (Å²) in [6.45, 7) is 0. The third-order valence-corrected chi connectivity index (χ3v) is 2.56. The van der Waals surface area contributed by atoms with Gasteiger partial charge in [-0.3, -0.25) is 0 Å². The molecular weight excluding hydrogens is 240 g/mol. The van der Waals surface area contributed by atoms with E-state index in [0.29, 0.717) is 0 Å². The molecule has 0 atom stereocenters. The summed E-state index contributed by atoms with van der Waals surface area (Å²) in [6.07, 6.45) is 0. The van der Waals surface area contributed by atoms with Crippen LogP contribution < -0.4 is 4.74 Å². The Morgan fingerprint density at radius 1 is 0.556 bits per heavy atom.